The number of rotatable bonds is 6. The summed E-state index contributed by atoms with van der Waals surface area (Å²) in [5.74, 6) is -1.33. The average Bonchev–Trinajstić information content (AvgIpc) is 2.67. The SMILES string of the molecule is CSCC1=C(C(=O)O)N2C(=O)[C@@H](NC(=O)/C(=N/O)c3ccccc3)[C@H]2SC1. The van der Waals surface area contributed by atoms with Crippen LogP contribution in [0, 0.1) is 0 Å². The number of carbonyl (C=O) groups excluding carboxylic acids is 2. The van der Waals surface area contributed by atoms with Crippen molar-refractivity contribution in [3.05, 3.63) is 47.2 Å². The molecule has 1 saturated heterocycles. The van der Waals surface area contributed by atoms with E-state index in [1.807, 2.05) is 6.26 Å². The van der Waals surface area contributed by atoms with Crippen molar-refractivity contribution in [1.82, 2.24) is 10.2 Å². The molecule has 142 valence electrons. The van der Waals surface area contributed by atoms with Gasteiger partial charge in [-0.25, -0.2) is 4.79 Å². The highest BCUT2D eigenvalue weighted by Gasteiger charge is 2.54. The number of β-lactam (4-membered cyclic amide) rings is 1. The summed E-state index contributed by atoms with van der Waals surface area (Å²) < 4.78 is 0. The second kappa shape index (κ2) is 8.05. The Balaban J connectivity index is 1.77. The van der Waals surface area contributed by atoms with Gasteiger partial charge in [0.05, 0.1) is 0 Å². The average molecular weight is 407 g/mol. The molecule has 1 fully saturated rings. The lowest BCUT2D eigenvalue weighted by atomic mass is 10.0. The van der Waals surface area contributed by atoms with E-state index >= 15 is 0 Å². The van der Waals surface area contributed by atoms with E-state index in [9.17, 15) is 24.7 Å². The first-order chi connectivity index (χ1) is 13.0. The van der Waals surface area contributed by atoms with Crippen LogP contribution in [-0.2, 0) is 14.4 Å². The van der Waals surface area contributed by atoms with E-state index in [-0.39, 0.29) is 11.4 Å². The largest absolute Gasteiger partial charge is 0.477 e. The molecule has 0 radical (unpaired) electrons. The number of nitrogens with zero attached hydrogens (tertiary/aromatic N) is 2. The Kier molecular flexibility index (Phi) is 5.76. The molecule has 2 amide bonds. The molecule has 0 spiro atoms. The van der Waals surface area contributed by atoms with Crippen LogP contribution in [0.5, 0.6) is 0 Å². The molecule has 0 bridgehead atoms. The van der Waals surface area contributed by atoms with Gasteiger partial charge in [-0.2, -0.15) is 11.8 Å². The normalized spacial score (nSPS) is 22.2. The Hall–Kier alpha value is -2.46. The van der Waals surface area contributed by atoms with Gasteiger partial charge in [0.25, 0.3) is 11.8 Å². The molecule has 0 saturated carbocycles. The molecule has 8 nitrogen and oxygen atoms in total. The topological polar surface area (TPSA) is 119 Å². The molecule has 2 aliphatic heterocycles. The zero-order chi connectivity index (χ0) is 19.6. The van der Waals surface area contributed by atoms with Crippen molar-refractivity contribution in [3.8, 4) is 0 Å². The smallest absolute Gasteiger partial charge is 0.352 e. The van der Waals surface area contributed by atoms with Crippen LogP contribution in [0.1, 0.15) is 5.56 Å². The van der Waals surface area contributed by atoms with Crippen LogP contribution in [-0.4, -0.2) is 67.9 Å². The van der Waals surface area contributed by atoms with Crippen LogP contribution in [0.2, 0.25) is 0 Å². The van der Waals surface area contributed by atoms with Crippen molar-refractivity contribution >= 4 is 47.0 Å². The number of nitrogens with one attached hydrogen (secondary N) is 1. The van der Waals surface area contributed by atoms with E-state index in [0.29, 0.717) is 22.6 Å². The fourth-order valence-corrected chi connectivity index (χ4v) is 5.07. The van der Waals surface area contributed by atoms with Crippen molar-refractivity contribution in [3.63, 3.8) is 0 Å². The molecule has 1 aromatic rings. The number of thioether (sulfide) groups is 2. The van der Waals surface area contributed by atoms with Crippen LogP contribution >= 0.6 is 23.5 Å². The lowest BCUT2D eigenvalue weighted by molar-refractivity contribution is -0.150. The minimum Gasteiger partial charge on any atom is -0.477 e. The fraction of sp³-hybridized carbons (Fsp3) is 0.294. The zero-order valence-electron chi connectivity index (χ0n) is 14.3. The molecule has 2 heterocycles. The van der Waals surface area contributed by atoms with Crippen molar-refractivity contribution in [2.24, 2.45) is 5.16 Å². The maximum atomic E-state index is 12.5. The first kappa shape index (κ1) is 19.3. The van der Waals surface area contributed by atoms with E-state index in [4.69, 9.17) is 0 Å². The number of amides is 2. The number of aliphatic carboxylic acids is 1. The third-order valence-corrected chi connectivity index (χ3v) is 6.19. The number of fused-ring (bicyclic) bond motifs is 1. The molecule has 1 aromatic carbocycles. The van der Waals surface area contributed by atoms with E-state index in [1.54, 1.807) is 30.3 Å². The van der Waals surface area contributed by atoms with Gasteiger partial charge in [-0.1, -0.05) is 35.5 Å². The lowest BCUT2D eigenvalue weighted by Crippen LogP contribution is -2.71. The quantitative estimate of drug-likeness (QED) is 0.278. The van der Waals surface area contributed by atoms with Crippen molar-refractivity contribution in [2.45, 2.75) is 11.4 Å². The van der Waals surface area contributed by atoms with Crippen LogP contribution < -0.4 is 5.32 Å². The summed E-state index contributed by atoms with van der Waals surface area (Å²) in [5.41, 5.74) is 0.893. The number of carbonyl (C=O) groups is 3. The van der Waals surface area contributed by atoms with E-state index in [0.717, 1.165) is 0 Å². The van der Waals surface area contributed by atoms with E-state index in [2.05, 4.69) is 10.5 Å². The van der Waals surface area contributed by atoms with E-state index in [1.165, 1.54) is 28.4 Å². The maximum Gasteiger partial charge on any atom is 0.352 e. The molecule has 10 heteroatoms. The number of hydrogen-bond donors (Lipinski definition) is 3. The third kappa shape index (κ3) is 3.54. The summed E-state index contributed by atoms with van der Waals surface area (Å²) in [6.45, 7) is 0. The van der Waals surface area contributed by atoms with Gasteiger partial charge >= 0.3 is 5.97 Å². The number of benzene rings is 1. The van der Waals surface area contributed by atoms with Crippen molar-refractivity contribution in [1.29, 1.82) is 0 Å². The van der Waals surface area contributed by atoms with Crippen molar-refractivity contribution < 1.29 is 24.7 Å². The van der Waals surface area contributed by atoms with Gasteiger partial charge < -0.3 is 15.6 Å². The molecule has 0 aromatic heterocycles. The highest BCUT2D eigenvalue weighted by molar-refractivity contribution is 8.00. The summed E-state index contributed by atoms with van der Waals surface area (Å²) in [6.07, 6.45) is 1.86. The zero-order valence-corrected chi connectivity index (χ0v) is 15.9. The van der Waals surface area contributed by atoms with Crippen LogP contribution in [0.25, 0.3) is 0 Å². The highest BCUT2D eigenvalue weighted by atomic mass is 32.2. The minimum atomic E-state index is -1.15. The standard InChI is InChI=1S/C17H17N3O5S2/c1-26-7-10-8-27-16-12(15(22)20(16)13(10)17(23)24)18-14(21)11(19-25)9-5-3-2-4-6-9/h2-6,12,16,25H,7-8H2,1H3,(H,18,21)(H,23,24)/b19-11+/t12-,16-/m1/s1. The number of carboxylic acids is 1. The summed E-state index contributed by atoms with van der Waals surface area (Å²) in [4.78, 5) is 37.9. The monoisotopic (exact) mass is 407 g/mol. The molecule has 3 rings (SSSR count). The molecule has 2 aliphatic rings. The fourth-order valence-electron chi connectivity index (χ4n) is 3.01. The second-order valence-electron chi connectivity index (χ2n) is 5.87. The highest BCUT2D eigenvalue weighted by Crippen LogP contribution is 2.40. The summed E-state index contributed by atoms with van der Waals surface area (Å²) in [7, 11) is 0. The van der Waals surface area contributed by atoms with Gasteiger partial charge in [0, 0.05) is 17.1 Å². The van der Waals surface area contributed by atoms with Gasteiger partial charge in [0.2, 0.25) is 0 Å². The second-order valence-corrected chi connectivity index (χ2v) is 7.84. The van der Waals surface area contributed by atoms with Gasteiger partial charge in [0.1, 0.15) is 17.1 Å². The maximum absolute atomic E-state index is 12.5. The lowest BCUT2D eigenvalue weighted by Gasteiger charge is -2.49. The predicted molar refractivity (Wildman–Crippen MR) is 103 cm³/mol. The Morgan fingerprint density at radius 2 is 2.07 bits per heavy atom. The molecule has 3 N–H and O–H groups in total. The molecular weight excluding hydrogens is 390 g/mol. The molecular formula is C17H17N3O5S2. The molecule has 27 heavy (non-hydrogen) atoms. The third-order valence-electron chi connectivity index (χ3n) is 4.22. The van der Waals surface area contributed by atoms with Gasteiger partial charge in [-0.05, 0) is 11.8 Å². The van der Waals surface area contributed by atoms with Gasteiger partial charge in [-0.3, -0.25) is 14.5 Å². The molecule has 0 unspecified atom stereocenters. The molecule has 2 atom stereocenters. The Labute approximate surface area is 163 Å². The van der Waals surface area contributed by atoms with Crippen molar-refractivity contribution in [2.75, 3.05) is 17.8 Å². The number of oxime groups is 1. The number of hydrogen-bond acceptors (Lipinski definition) is 7. The van der Waals surface area contributed by atoms with Crippen LogP contribution in [0.3, 0.4) is 0 Å². The first-order valence-corrected chi connectivity index (χ1v) is 10.4. The predicted octanol–water partition coefficient (Wildman–Crippen LogP) is 0.967. The first-order valence-electron chi connectivity index (χ1n) is 7.96. The summed E-state index contributed by atoms with van der Waals surface area (Å²) in [6, 6.07) is 7.50. The Bertz CT molecular complexity index is 840. The number of carboxylic acid groups (broad SMARTS) is 1. The van der Waals surface area contributed by atoms with Crippen LogP contribution in [0.4, 0.5) is 0 Å². The molecule has 0 aliphatic carbocycles. The Morgan fingerprint density at radius 3 is 2.67 bits per heavy atom. The van der Waals surface area contributed by atoms with E-state index < -0.39 is 29.2 Å². The minimum absolute atomic E-state index is 0.00251. The summed E-state index contributed by atoms with van der Waals surface area (Å²) >= 11 is 2.89. The Morgan fingerprint density at radius 1 is 1.37 bits per heavy atom. The summed E-state index contributed by atoms with van der Waals surface area (Å²) in [5, 5.41) is 23.8. The van der Waals surface area contributed by atoms with Crippen LogP contribution in [0.15, 0.2) is 46.8 Å². The van der Waals surface area contributed by atoms with Gasteiger partial charge in [0.15, 0.2) is 5.71 Å². The van der Waals surface area contributed by atoms with Gasteiger partial charge in [-0.15, -0.1) is 11.8 Å².